The van der Waals surface area contributed by atoms with Crippen molar-refractivity contribution in [3.63, 3.8) is 0 Å². The van der Waals surface area contributed by atoms with Crippen molar-refractivity contribution in [1.29, 1.82) is 0 Å². The lowest BCUT2D eigenvalue weighted by Crippen LogP contribution is -2.25. The molecule has 1 heterocycles. The van der Waals surface area contributed by atoms with Crippen molar-refractivity contribution in [2.75, 3.05) is 26.2 Å². The molecule has 1 unspecified atom stereocenters. The zero-order valence-electron chi connectivity index (χ0n) is 9.63. The van der Waals surface area contributed by atoms with Crippen LogP contribution in [-0.4, -0.2) is 38.4 Å². The molecule has 1 saturated carbocycles. The van der Waals surface area contributed by atoms with Gasteiger partial charge in [0.1, 0.15) is 0 Å². The molecule has 0 aromatic rings. The molecule has 3 nitrogen and oxygen atoms in total. The van der Waals surface area contributed by atoms with Crippen molar-refractivity contribution in [2.24, 2.45) is 0 Å². The van der Waals surface area contributed by atoms with Crippen molar-refractivity contribution < 1.29 is 4.74 Å². The Morgan fingerprint density at radius 3 is 2.73 bits per heavy atom. The molecule has 1 atom stereocenters. The molecule has 88 valence electrons. The van der Waals surface area contributed by atoms with Crippen LogP contribution in [0.1, 0.15) is 38.5 Å². The summed E-state index contributed by atoms with van der Waals surface area (Å²) in [6, 6.07) is 0.858. The minimum absolute atomic E-state index is 0.544. The Morgan fingerprint density at radius 2 is 2.00 bits per heavy atom. The molecule has 1 saturated heterocycles. The maximum absolute atomic E-state index is 5.57. The summed E-state index contributed by atoms with van der Waals surface area (Å²) in [5, 5.41) is 7.01. The van der Waals surface area contributed by atoms with Gasteiger partial charge >= 0.3 is 0 Å². The van der Waals surface area contributed by atoms with Gasteiger partial charge in [0, 0.05) is 12.6 Å². The first-order valence-corrected chi connectivity index (χ1v) is 6.51. The summed E-state index contributed by atoms with van der Waals surface area (Å²) in [5.74, 6) is 0. The Labute approximate surface area is 93.0 Å². The van der Waals surface area contributed by atoms with Crippen LogP contribution in [0, 0.1) is 0 Å². The van der Waals surface area contributed by atoms with E-state index in [-0.39, 0.29) is 0 Å². The lowest BCUT2D eigenvalue weighted by atomic mass is 10.2. The molecule has 1 aliphatic heterocycles. The third kappa shape index (κ3) is 4.96. The first kappa shape index (κ1) is 11.4. The SMILES string of the molecule is C(CNCCC1CCCO1)CNC1CC1. The predicted molar refractivity (Wildman–Crippen MR) is 62.1 cm³/mol. The summed E-state index contributed by atoms with van der Waals surface area (Å²) in [6.07, 6.45) is 8.31. The van der Waals surface area contributed by atoms with E-state index in [0.717, 1.165) is 25.7 Å². The smallest absolute Gasteiger partial charge is 0.0588 e. The van der Waals surface area contributed by atoms with E-state index < -0.39 is 0 Å². The highest BCUT2D eigenvalue weighted by atomic mass is 16.5. The topological polar surface area (TPSA) is 33.3 Å². The number of ether oxygens (including phenoxy) is 1. The Kier molecular flexibility index (Phi) is 4.90. The zero-order valence-corrected chi connectivity index (χ0v) is 9.63. The molecule has 3 heteroatoms. The first-order valence-electron chi connectivity index (χ1n) is 6.51. The molecule has 15 heavy (non-hydrogen) atoms. The second-order valence-corrected chi connectivity index (χ2v) is 4.76. The number of hydrogen-bond acceptors (Lipinski definition) is 3. The van der Waals surface area contributed by atoms with Gasteiger partial charge in [0.05, 0.1) is 6.10 Å². The Bertz CT molecular complexity index is 165. The predicted octanol–water partition coefficient (Wildman–Crippen LogP) is 1.29. The van der Waals surface area contributed by atoms with Crippen LogP contribution in [-0.2, 0) is 4.74 Å². The van der Waals surface area contributed by atoms with Crippen molar-refractivity contribution >= 4 is 0 Å². The van der Waals surface area contributed by atoms with Gasteiger partial charge in [0.2, 0.25) is 0 Å². The minimum Gasteiger partial charge on any atom is -0.378 e. The van der Waals surface area contributed by atoms with Crippen LogP contribution in [0.5, 0.6) is 0 Å². The molecule has 2 aliphatic rings. The molecule has 0 spiro atoms. The van der Waals surface area contributed by atoms with Crippen molar-refractivity contribution in [3.05, 3.63) is 0 Å². The van der Waals surface area contributed by atoms with E-state index in [1.165, 1.54) is 45.1 Å². The highest BCUT2D eigenvalue weighted by molar-refractivity contribution is 4.80. The van der Waals surface area contributed by atoms with Gasteiger partial charge in [-0.1, -0.05) is 0 Å². The van der Waals surface area contributed by atoms with E-state index in [9.17, 15) is 0 Å². The van der Waals surface area contributed by atoms with E-state index in [1.807, 2.05) is 0 Å². The summed E-state index contributed by atoms with van der Waals surface area (Å²) < 4.78 is 5.57. The van der Waals surface area contributed by atoms with Crippen LogP contribution in [0.25, 0.3) is 0 Å². The standard InChI is InChI=1S/C12H24N2O/c1-3-12(15-10-1)6-9-13-7-2-8-14-11-4-5-11/h11-14H,1-10H2. The van der Waals surface area contributed by atoms with Gasteiger partial charge in [-0.05, 0) is 58.2 Å². The molecule has 0 radical (unpaired) electrons. The molecule has 0 amide bonds. The molecule has 2 rings (SSSR count). The van der Waals surface area contributed by atoms with E-state index in [1.54, 1.807) is 0 Å². The van der Waals surface area contributed by atoms with Gasteiger partial charge < -0.3 is 15.4 Å². The maximum Gasteiger partial charge on any atom is 0.0588 e. The molecule has 2 fully saturated rings. The van der Waals surface area contributed by atoms with E-state index in [4.69, 9.17) is 4.74 Å². The number of hydrogen-bond donors (Lipinski definition) is 2. The average Bonchev–Trinajstić information content (AvgIpc) is 2.92. The summed E-state index contributed by atoms with van der Waals surface area (Å²) >= 11 is 0. The Hall–Kier alpha value is -0.120. The molecular formula is C12H24N2O. The first-order chi connectivity index (χ1) is 7.45. The van der Waals surface area contributed by atoms with Gasteiger partial charge in [-0.15, -0.1) is 0 Å². The highest BCUT2D eigenvalue weighted by Crippen LogP contribution is 2.18. The highest BCUT2D eigenvalue weighted by Gasteiger charge is 2.19. The zero-order chi connectivity index (χ0) is 10.3. The Balaban J connectivity index is 1.32. The fourth-order valence-electron chi connectivity index (χ4n) is 2.07. The molecular weight excluding hydrogens is 188 g/mol. The van der Waals surface area contributed by atoms with Gasteiger partial charge in [0.15, 0.2) is 0 Å². The van der Waals surface area contributed by atoms with Crippen molar-refractivity contribution in [1.82, 2.24) is 10.6 Å². The lowest BCUT2D eigenvalue weighted by Gasteiger charge is -2.10. The summed E-state index contributed by atoms with van der Waals surface area (Å²) in [7, 11) is 0. The number of nitrogens with one attached hydrogen (secondary N) is 2. The van der Waals surface area contributed by atoms with Crippen molar-refractivity contribution in [2.45, 2.75) is 50.7 Å². The summed E-state index contributed by atoms with van der Waals surface area (Å²) in [4.78, 5) is 0. The summed E-state index contributed by atoms with van der Waals surface area (Å²) in [5.41, 5.74) is 0. The molecule has 0 bridgehead atoms. The van der Waals surface area contributed by atoms with Crippen LogP contribution in [0.3, 0.4) is 0 Å². The van der Waals surface area contributed by atoms with Gasteiger partial charge in [-0.2, -0.15) is 0 Å². The number of rotatable bonds is 8. The van der Waals surface area contributed by atoms with Crippen LogP contribution in [0.4, 0.5) is 0 Å². The van der Waals surface area contributed by atoms with Crippen LogP contribution < -0.4 is 10.6 Å². The summed E-state index contributed by atoms with van der Waals surface area (Å²) in [6.45, 7) is 4.42. The van der Waals surface area contributed by atoms with E-state index in [2.05, 4.69) is 10.6 Å². The fourth-order valence-corrected chi connectivity index (χ4v) is 2.07. The molecule has 1 aliphatic carbocycles. The van der Waals surface area contributed by atoms with Crippen LogP contribution >= 0.6 is 0 Å². The van der Waals surface area contributed by atoms with Crippen molar-refractivity contribution in [3.8, 4) is 0 Å². The lowest BCUT2D eigenvalue weighted by molar-refractivity contribution is 0.104. The van der Waals surface area contributed by atoms with E-state index in [0.29, 0.717) is 6.10 Å². The molecule has 0 aromatic heterocycles. The Morgan fingerprint density at radius 1 is 1.07 bits per heavy atom. The third-order valence-corrected chi connectivity index (χ3v) is 3.21. The average molecular weight is 212 g/mol. The van der Waals surface area contributed by atoms with Crippen LogP contribution in [0.2, 0.25) is 0 Å². The fraction of sp³-hybridized carbons (Fsp3) is 1.00. The molecule has 2 N–H and O–H groups in total. The third-order valence-electron chi connectivity index (χ3n) is 3.21. The monoisotopic (exact) mass is 212 g/mol. The van der Waals surface area contributed by atoms with Gasteiger partial charge in [-0.25, -0.2) is 0 Å². The maximum atomic E-state index is 5.57. The van der Waals surface area contributed by atoms with Gasteiger partial charge in [0.25, 0.3) is 0 Å². The second kappa shape index (κ2) is 6.46. The largest absolute Gasteiger partial charge is 0.378 e. The quantitative estimate of drug-likeness (QED) is 0.595. The molecule has 0 aromatic carbocycles. The minimum atomic E-state index is 0.544. The second-order valence-electron chi connectivity index (χ2n) is 4.76. The van der Waals surface area contributed by atoms with E-state index >= 15 is 0 Å². The van der Waals surface area contributed by atoms with Crippen LogP contribution in [0.15, 0.2) is 0 Å². The normalized spacial score (nSPS) is 26.0. The van der Waals surface area contributed by atoms with Gasteiger partial charge in [-0.3, -0.25) is 0 Å².